The van der Waals surface area contributed by atoms with Gasteiger partial charge in [0.2, 0.25) is 0 Å². The molecule has 0 unspecified atom stereocenters. The van der Waals surface area contributed by atoms with E-state index in [0.717, 1.165) is 16.8 Å². The topological polar surface area (TPSA) is 61.6 Å². The summed E-state index contributed by atoms with van der Waals surface area (Å²) in [5.41, 5.74) is 3.15. The third-order valence-corrected chi connectivity index (χ3v) is 3.78. The highest BCUT2D eigenvalue weighted by Crippen LogP contribution is 2.26. The van der Waals surface area contributed by atoms with Gasteiger partial charge in [0.05, 0.1) is 0 Å². The Kier molecular flexibility index (Phi) is 4.42. The SMILES string of the molecule is N#Cc1c(Cl)ncnc1Nc1ccc(-c2ccc(Cl)cc2)cc1. The summed E-state index contributed by atoms with van der Waals surface area (Å²) in [5, 5.41) is 13.0. The molecule has 1 N–H and O–H groups in total. The first-order valence-electron chi connectivity index (χ1n) is 6.71. The molecule has 0 bridgehead atoms. The van der Waals surface area contributed by atoms with Crippen molar-refractivity contribution in [3.05, 3.63) is 70.6 Å². The van der Waals surface area contributed by atoms with E-state index in [2.05, 4.69) is 15.3 Å². The van der Waals surface area contributed by atoms with Crippen LogP contribution in [0.1, 0.15) is 5.56 Å². The first-order valence-corrected chi connectivity index (χ1v) is 7.46. The van der Waals surface area contributed by atoms with Crippen LogP contribution < -0.4 is 5.32 Å². The van der Waals surface area contributed by atoms with E-state index in [1.54, 1.807) is 0 Å². The average Bonchev–Trinajstić information content (AvgIpc) is 2.57. The lowest BCUT2D eigenvalue weighted by Gasteiger charge is -2.08. The zero-order chi connectivity index (χ0) is 16.2. The number of rotatable bonds is 3. The van der Waals surface area contributed by atoms with Gasteiger partial charge in [0.1, 0.15) is 18.0 Å². The molecule has 3 aromatic rings. The van der Waals surface area contributed by atoms with Crippen LogP contribution in [-0.4, -0.2) is 9.97 Å². The minimum absolute atomic E-state index is 0.128. The second-order valence-corrected chi connectivity index (χ2v) is 5.50. The molecule has 0 spiro atoms. The standard InChI is InChI=1S/C17H10Cl2N4/c18-13-5-1-11(2-6-13)12-3-7-14(8-4-12)23-17-15(9-20)16(19)21-10-22-17/h1-8,10H,(H,21,22,23). The maximum Gasteiger partial charge on any atom is 0.153 e. The fourth-order valence-electron chi connectivity index (χ4n) is 2.08. The summed E-state index contributed by atoms with van der Waals surface area (Å²) >= 11 is 11.8. The molecule has 1 aromatic heterocycles. The Labute approximate surface area is 143 Å². The molecule has 0 saturated carbocycles. The first-order chi connectivity index (χ1) is 11.2. The molecule has 4 nitrogen and oxygen atoms in total. The van der Waals surface area contributed by atoms with Crippen molar-refractivity contribution in [1.82, 2.24) is 9.97 Å². The summed E-state index contributed by atoms with van der Waals surface area (Å²) in [7, 11) is 0. The van der Waals surface area contributed by atoms with Crippen molar-refractivity contribution in [3.63, 3.8) is 0 Å². The van der Waals surface area contributed by atoms with Crippen LogP contribution in [0, 0.1) is 11.3 Å². The predicted molar refractivity (Wildman–Crippen MR) is 91.9 cm³/mol. The molecule has 2 aromatic carbocycles. The lowest BCUT2D eigenvalue weighted by atomic mass is 10.1. The van der Waals surface area contributed by atoms with Crippen LogP contribution in [-0.2, 0) is 0 Å². The predicted octanol–water partition coefficient (Wildman–Crippen LogP) is 5.07. The molecule has 0 saturated heterocycles. The summed E-state index contributed by atoms with van der Waals surface area (Å²) < 4.78 is 0. The molecule has 0 fully saturated rings. The summed E-state index contributed by atoms with van der Waals surface area (Å²) in [4.78, 5) is 7.85. The number of nitrogens with zero attached hydrogens (tertiary/aromatic N) is 3. The largest absolute Gasteiger partial charge is 0.339 e. The minimum Gasteiger partial charge on any atom is -0.339 e. The third kappa shape index (κ3) is 3.42. The lowest BCUT2D eigenvalue weighted by Crippen LogP contribution is -1.98. The molecule has 0 aliphatic carbocycles. The molecule has 0 aliphatic rings. The highest BCUT2D eigenvalue weighted by atomic mass is 35.5. The van der Waals surface area contributed by atoms with E-state index in [0.29, 0.717) is 10.8 Å². The van der Waals surface area contributed by atoms with Crippen LogP contribution in [0.5, 0.6) is 0 Å². The highest BCUT2D eigenvalue weighted by Gasteiger charge is 2.09. The molecular weight excluding hydrogens is 331 g/mol. The van der Waals surface area contributed by atoms with Gasteiger partial charge in [-0.25, -0.2) is 9.97 Å². The molecule has 0 aliphatic heterocycles. The number of nitriles is 1. The van der Waals surface area contributed by atoms with Gasteiger partial charge in [-0.05, 0) is 35.4 Å². The van der Waals surface area contributed by atoms with Gasteiger partial charge in [0.25, 0.3) is 0 Å². The highest BCUT2D eigenvalue weighted by molar-refractivity contribution is 6.31. The van der Waals surface area contributed by atoms with Gasteiger partial charge in [0, 0.05) is 10.7 Å². The third-order valence-electron chi connectivity index (χ3n) is 3.24. The van der Waals surface area contributed by atoms with Crippen LogP contribution in [0.25, 0.3) is 11.1 Å². The molecule has 3 rings (SSSR count). The van der Waals surface area contributed by atoms with Gasteiger partial charge in [-0.15, -0.1) is 0 Å². The van der Waals surface area contributed by atoms with Gasteiger partial charge >= 0.3 is 0 Å². The van der Waals surface area contributed by atoms with Crippen molar-refractivity contribution >= 4 is 34.7 Å². The van der Waals surface area contributed by atoms with E-state index in [-0.39, 0.29) is 10.7 Å². The van der Waals surface area contributed by atoms with E-state index >= 15 is 0 Å². The maximum absolute atomic E-state index is 9.13. The minimum atomic E-state index is 0.128. The maximum atomic E-state index is 9.13. The van der Waals surface area contributed by atoms with Crippen LogP contribution in [0.4, 0.5) is 11.5 Å². The Morgan fingerprint density at radius 3 is 2.09 bits per heavy atom. The van der Waals surface area contributed by atoms with Crippen molar-refractivity contribution in [2.75, 3.05) is 5.32 Å². The van der Waals surface area contributed by atoms with E-state index < -0.39 is 0 Å². The van der Waals surface area contributed by atoms with Crippen molar-refractivity contribution in [2.45, 2.75) is 0 Å². The molecule has 0 radical (unpaired) electrons. The molecule has 112 valence electrons. The molecular formula is C17H10Cl2N4. The number of anilines is 2. The Hall–Kier alpha value is -2.61. The van der Waals surface area contributed by atoms with Crippen molar-refractivity contribution < 1.29 is 0 Å². The van der Waals surface area contributed by atoms with Crippen molar-refractivity contribution in [3.8, 4) is 17.2 Å². The van der Waals surface area contributed by atoms with Crippen LogP contribution in [0.3, 0.4) is 0 Å². The van der Waals surface area contributed by atoms with Crippen LogP contribution in [0.15, 0.2) is 54.9 Å². The quantitative estimate of drug-likeness (QED) is 0.676. The van der Waals surface area contributed by atoms with E-state index in [4.69, 9.17) is 28.5 Å². The number of halogens is 2. The molecule has 23 heavy (non-hydrogen) atoms. The summed E-state index contributed by atoms with van der Waals surface area (Å²) in [6, 6.07) is 17.4. The van der Waals surface area contributed by atoms with Gasteiger partial charge in [-0.3, -0.25) is 0 Å². The Balaban J connectivity index is 1.85. The first kappa shape index (κ1) is 15.3. The molecule has 1 heterocycles. The number of hydrogen-bond donors (Lipinski definition) is 1. The zero-order valence-corrected chi connectivity index (χ0v) is 13.3. The Morgan fingerprint density at radius 1 is 0.870 bits per heavy atom. The van der Waals surface area contributed by atoms with E-state index in [1.165, 1.54) is 6.33 Å². The fourth-order valence-corrected chi connectivity index (χ4v) is 2.38. The summed E-state index contributed by atoms with van der Waals surface area (Å²) in [6.45, 7) is 0. The lowest BCUT2D eigenvalue weighted by molar-refractivity contribution is 1.15. The monoisotopic (exact) mass is 340 g/mol. The van der Waals surface area contributed by atoms with Crippen molar-refractivity contribution in [2.24, 2.45) is 0 Å². The van der Waals surface area contributed by atoms with E-state index in [1.807, 2.05) is 54.6 Å². The normalized spacial score (nSPS) is 10.1. The molecule has 0 amide bonds. The number of benzene rings is 2. The van der Waals surface area contributed by atoms with Crippen LogP contribution in [0.2, 0.25) is 10.2 Å². The number of nitrogens with one attached hydrogen (secondary N) is 1. The van der Waals surface area contributed by atoms with Crippen molar-refractivity contribution in [1.29, 1.82) is 5.26 Å². The van der Waals surface area contributed by atoms with Gasteiger partial charge in [0.15, 0.2) is 11.0 Å². The van der Waals surface area contributed by atoms with Gasteiger partial charge in [-0.1, -0.05) is 47.5 Å². The van der Waals surface area contributed by atoms with Gasteiger partial charge in [-0.2, -0.15) is 5.26 Å². The van der Waals surface area contributed by atoms with E-state index in [9.17, 15) is 0 Å². The van der Waals surface area contributed by atoms with Crippen LogP contribution >= 0.6 is 23.2 Å². The molecule has 0 atom stereocenters. The second kappa shape index (κ2) is 6.66. The zero-order valence-electron chi connectivity index (χ0n) is 11.8. The van der Waals surface area contributed by atoms with Gasteiger partial charge < -0.3 is 5.32 Å². The Bertz CT molecular complexity index is 869. The molecule has 6 heteroatoms. The summed E-state index contributed by atoms with van der Waals surface area (Å²) in [5.74, 6) is 0.381. The smallest absolute Gasteiger partial charge is 0.153 e. The Morgan fingerprint density at radius 2 is 1.48 bits per heavy atom. The summed E-state index contributed by atoms with van der Waals surface area (Å²) in [6.07, 6.45) is 1.31. The number of hydrogen-bond acceptors (Lipinski definition) is 4. The second-order valence-electron chi connectivity index (χ2n) is 4.71. The fraction of sp³-hybridized carbons (Fsp3) is 0. The average molecular weight is 341 g/mol. The number of aromatic nitrogens is 2.